The number of hydrogen-bond acceptors (Lipinski definition) is 5. The molecule has 0 aromatic heterocycles. The normalized spacial score (nSPS) is 19.9. The first-order valence-corrected chi connectivity index (χ1v) is 9.97. The average molecular weight is 389 g/mol. The molecule has 2 heterocycles. The third-order valence-electron chi connectivity index (χ3n) is 5.99. The molecule has 7 nitrogen and oxygen atoms in total. The van der Waals surface area contributed by atoms with Gasteiger partial charge in [0.05, 0.1) is 7.11 Å². The quantitative estimate of drug-likeness (QED) is 0.663. The summed E-state index contributed by atoms with van der Waals surface area (Å²) in [5.74, 6) is 0.806. The maximum Gasteiger partial charge on any atom is 0.327 e. The zero-order chi connectivity index (χ0) is 20.3. The van der Waals surface area contributed by atoms with Gasteiger partial charge in [-0.15, -0.1) is 0 Å². The van der Waals surface area contributed by atoms with E-state index < -0.39 is 5.54 Å². The zero-order valence-corrected chi connectivity index (χ0v) is 17.5. The molecule has 7 heteroatoms. The summed E-state index contributed by atoms with van der Waals surface area (Å²) in [5, 5.41) is 0. The van der Waals surface area contributed by atoms with E-state index in [9.17, 15) is 9.59 Å². The van der Waals surface area contributed by atoms with Crippen molar-refractivity contribution < 1.29 is 14.3 Å². The van der Waals surface area contributed by atoms with Crippen molar-refractivity contribution in [3.63, 3.8) is 0 Å². The summed E-state index contributed by atoms with van der Waals surface area (Å²) in [5.41, 5.74) is 0.457. The Morgan fingerprint density at radius 3 is 2.29 bits per heavy atom. The third kappa shape index (κ3) is 4.00. The van der Waals surface area contributed by atoms with E-state index in [1.165, 1.54) is 4.90 Å². The van der Waals surface area contributed by atoms with Crippen molar-refractivity contribution in [1.82, 2.24) is 19.6 Å². The van der Waals surface area contributed by atoms with Crippen LogP contribution in [0, 0.1) is 0 Å². The van der Waals surface area contributed by atoms with Crippen LogP contribution in [0.4, 0.5) is 4.79 Å². The molecule has 154 valence electrons. The van der Waals surface area contributed by atoms with Crippen molar-refractivity contribution >= 4 is 11.9 Å². The molecular weight excluding hydrogens is 356 g/mol. The minimum absolute atomic E-state index is 0.0119. The summed E-state index contributed by atoms with van der Waals surface area (Å²) in [6.45, 7) is 3.35. The molecule has 3 amide bonds. The summed E-state index contributed by atoms with van der Waals surface area (Å²) in [7, 11) is 7.63. The molecule has 2 aliphatic heterocycles. The Bertz CT molecular complexity index is 696. The first kappa shape index (κ1) is 20.6. The number of amides is 3. The number of benzene rings is 1. The standard InChI is InChI=1S/C21H32N4O3/c1-22(2)15-16-24-19(26)21(10-13-23(3)14-11-21)25(20(24)27)12-9-17-5-7-18(28-4)8-6-17/h5-8H,9-16H2,1-4H3. The zero-order valence-electron chi connectivity index (χ0n) is 17.5. The fourth-order valence-corrected chi connectivity index (χ4v) is 4.09. The summed E-state index contributed by atoms with van der Waals surface area (Å²) < 4.78 is 5.21. The van der Waals surface area contributed by atoms with Crippen LogP contribution in [0.3, 0.4) is 0 Å². The van der Waals surface area contributed by atoms with E-state index in [4.69, 9.17) is 4.74 Å². The van der Waals surface area contributed by atoms with E-state index in [1.54, 1.807) is 7.11 Å². The van der Waals surface area contributed by atoms with E-state index in [1.807, 2.05) is 48.2 Å². The molecule has 0 saturated carbocycles. The first-order chi connectivity index (χ1) is 13.4. The molecule has 0 bridgehead atoms. The number of likely N-dealkylation sites (tertiary alicyclic amines) is 1. The van der Waals surface area contributed by atoms with E-state index >= 15 is 0 Å². The van der Waals surface area contributed by atoms with Gasteiger partial charge in [0.15, 0.2) is 0 Å². The number of imide groups is 1. The predicted molar refractivity (Wildman–Crippen MR) is 109 cm³/mol. The number of urea groups is 1. The molecule has 3 rings (SSSR count). The molecule has 0 radical (unpaired) electrons. The Kier molecular flexibility index (Phi) is 6.25. The summed E-state index contributed by atoms with van der Waals surface area (Å²) >= 11 is 0. The highest BCUT2D eigenvalue weighted by atomic mass is 16.5. The monoisotopic (exact) mass is 388 g/mol. The smallest absolute Gasteiger partial charge is 0.327 e. The SMILES string of the molecule is COc1ccc(CCN2C(=O)N(CCN(C)C)C(=O)C23CCN(C)CC3)cc1. The second kappa shape index (κ2) is 8.49. The molecule has 0 N–H and O–H groups in total. The number of rotatable bonds is 7. The lowest BCUT2D eigenvalue weighted by molar-refractivity contribution is -0.135. The van der Waals surface area contributed by atoms with Crippen LogP contribution in [0.5, 0.6) is 5.75 Å². The van der Waals surface area contributed by atoms with Gasteiger partial charge >= 0.3 is 6.03 Å². The number of piperidine rings is 1. The minimum atomic E-state index is -0.678. The Morgan fingerprint density at radius 2 is 1.71 bits per heavy atom. The van der Waals surface area contributed by atoms with E-state index in [2.05, 4.69) is 11.9 Å². The number of carbonyl (C=O) groups excluding carboxylic acids is 2. The van der Waals surface area contributed by atoms with Crippen LogP contribution in [0.1, 0.15) is 18.4 Å². The number of ether oxygens (including phenoxy) is 1. The average Bonchev–Trinajstić information content (AvgIpc) is 2.88. The lowest BCUT2D eigenvalue weighted by atomic mass is 9.85. The van der Waals surface area contributed by atoms with Gasteiger partial charge in [-0.05, 0) is 58.1 Å². The number of hydrogen-bond donors (Lipinski definition) is 0. The van der Waals surface area contributed by atoms with Crippen molar-refractivity contribution in [2.24, 2.45) is 0 Å². The lowest BCUT2D eigenvalue weighted by Gasteiger charge is -2.41. The van der Waals surface area contributed by atoms with Gasteiger partial charge in [-0.1, -0.05) is 12.1 Å². The molecule has 1 aromatic rings. The molecule has 2 aliphatic rings. The summed E-state index contributed by atoms with van der Waals surface area (Å²) in [6, 6.07) is 7.77. The topological polar surface area (TPSA) is 56.3 Å². The fourth-order valence-electron chi connectivity index (χ4n) is 4.09. The van der Waals surface area contributed by atoms with Crippen LogP contribution in [-0.2, 0) is 11.2 Å². The second-order valence-corrected chi connectivity index (χ2v) is 8.13. The van der Waals surface area contributed by atoms with Gasteiger partial charge in [-0.25, -0.2) is 4.79 Å². The molecule has 0 aliphatic carbocycles. The van der Waals surface area contributed by atoms with E-state index in [0.29, 0.717) is 32.5 Å². The van der Waals surface area contributed by atoms with Gasteiger partial charge in [0, 0.05) is 32.7 Å². The molecule has 1 aromatic carbocycles. The Balaban J connectivity index is 1.78. The van der Waals surface area contributed by atoms with Crippen molar-refractivity contribution in [1.29, 1.82) is 0 Å². The predicted octanol–water partition coefficient (Wildman–Crippen LogP) is 1.53. The number of methoxy groups -OCH3 is 1. The van der Waals surface area contributed by atoms with Gasteiger partial charge in [0.2, 0.25) is 0 Å². The van der Waals surface area contributed by atoms with E-state index in [-0.39, 0.29) is 11.9 Å². The lowest BCUT2D eigenvalue weighted by Crippen LogP contribution is -2.56. The summed E-state index contributed by atoms with van der Waals surface area (Å²) in [6.07, 6.45) is 2.13. The van der Waals surface area contributed by atoms with Gasteiger partial charge in [-0.3, -0.25) is 9.69 Å². The Hall–Kier alpha value is -2.12. The van der Waals surface area contributed by atoms with Gasteiger partial charge < -0.3 is 19.4 Å². The molecule has 0 atom stereocenters. The number of carbonyl (C=O) groups is 2. The maximum atomic E-state index is 13.3. The Morgan fingerprint density at radius 1 is 1.07 bits per heavy atom. The van der Waals surface area contributed by atoms with Crippen LogP contribution in [-0.4, -0.2) is 98.1 Å². The highest BCUT2D eigenvalue weighted by Crippen LogP contribution is 2.37. The van der Waals surface area contributed by atoms with Crippen LogP contribution >= 0.6 is 0 Å². The third-order valence-corrected chi connectivity index (χ3v) is 5.99. The first-order valence-electron chi connectivity index (χ1n) is 9.97. The van der Waals surface area contributed by atoms with Gasteiger partial charge in [0.1, 0.15) is 11.3 Å². The van der Waals surface area contributed by atoms with Gasteiger partial charge in [0.25, 0.3) is 5.91 Å². The van der Waals surface area contributed by atoms with E-state index in [0.717, 1.165) is 30.8 Å². The highest BCUT2D eigenvalue weighted by Gasteiger charge is 2.57. The molecule has 1 spiro atoms. The molecule has 28 heavy (non-hydrogen) atoms. The molecular formula is C21H32N4O3. The number of nitrogens with zero attached hydrogens (tertiary/aromatic N) is 4. The van der Waals surface area contributed by atoms with Crippen molar-refractivity contribution in [3.8, 4) is 5.75 Å². The molecule has 0 unspecified atom stereocenters. The van der Waals surface area contributed by atoms with Crippen molar-refractivity contribution in [3.05, 3.63) is 29.8 Å². The second-order valence-electron chi connectivity index (χ2n) is 8.13. The van der Waals surface area contributed by atoms with Crippen LogP contribution in [0.15, 0.2) is 24.3 Å². The fraction of sp³-hybridized carbons (Fsp3) is 0.619. The molecule has 2 fully saturated rings. The van der Waals surface area contributed by atoms with Crippen molar-refractivity contribution in [2.75, 3.05) is 61.0 Å². The maximum absolute atomic E-state index is 13.3. The number of likely N-dealkylation sites (N-methyl/N-ethyl adjacent to an activating group) is 1. The minimum Gasteiger partial charge on any atom is -0.497 e. The molecule has 2 saturated heterocycles. The van der Waals surface area contributed by atoms with Gasteiger partial charge in [-0.2, -0.15) is 0 Å². The van der Waals surface area contributed by atoms with Crippen LogP contribution in [0.25, 0.3) is 0 Å². The van der Waals surface area contributed by atoms with Crippen LogP contribution in [0.2, 0.25) is 0 Å². The highest BCUT2D eigenvalue weighted by molar-refractivity contribution is 6.07. The largest absolute Gasteiger partial charge is 0.497 e. The van der Waals surface area contributed by atoms with Crippen molar-refractivity contribution in [2.45, 2.75) is 24.8 Å². The van der Waals surface area contributed by atoms with Crippen LogP contribution < -0.4 is 4.74 Å². The summed E-state index contributed by atoms with van der Waals surface area (Å²) in [4.78, 5) is 34.1. The Labute approximate surface area is 167 Å².